The normalized spacial score (nSPS) is 17.1. The van der Waals surface area contributed by atoms with Gasteiger partial charge in [0.05, 0.1) is 7.11 Å². The van der Waals surface area contributed by atoms with Gasteiger partial charge in [-0.15, -0.1) is 0 Å². The van der Waals surface area contributed by atoms with Gasteiger partial charge >= 0.3 is 5.97 Å². The summed E-state index contributed by atoms with van der Waals surface area (Å²) in [4.78, 5) is 55.4. The highest BCUT2D eigenvalue weighted by Gasteiger charge is 2.24. The first kappa shape index (κ1) is 39.8. The van der Waals surface area contributed by atoms with E-state index in [0.717, 1.165) is 62.4 Å². The molecule has 0 radical (unpaired) electrons. The number of carbonyl (C=O) groups excluding carboxylic acids is 1. The topological polar surface area (TPSA) is 158 Å². The minimum absolute atomic E-state index is 0.128. The number of piperidine rings is 1. The van der Waals surface area contributed by atoms with Crippen molar-refractivity contribution < 1.29 is 9.53 Å². The van der Waals surface area contributed by atoms with E-state index >= 15 is 0 Å². The third-order valence-corrected chi connectivity index (χ3v) is 11.4. The molecule has 8 rings (SSSR count). The zero-order valence-electron chi connectivity index (χ0n) is 32.1. The van der Waals surface area contributed by atoms with Crippen LogP contribution in [0.2, 0.25) is 10.0 Å². The molecule has 0 atom stereocenters. The molecular weight excluding hydrogens is 765 g/mol. The zero-order valence-corrected chi connectivity index (χ0v) is 33.6. The maximum Gasteiger partial charge on any atom is 0.305 e. The number of benzene rings is 2. The number of methoxy groups -OCH3 is 1. The SMILES string of the molecule is COC(=O)CC1CCC(Nc2ncc3cc(-c4ccccc4Cl)c(=O)n(C)c3n2)CC1.Cn1c(=O)c(-c2ccccc2Cl)cc2cnc(NC3CCNCC3)nc21. The number of carbonyl (C=O) groups is 1. The fourth-order valence-electron chi connectivity index (χ4n) is 7.54. The summed E-state index contributed by atoms with van der Waals surface area (Å²) in [5.74, 6) is 1.28. The van der Waals surface area contributed by atoms with Gasteiger partial charge in [-0.05, 0) is 81.8 Å². The van der Waals surface area contributed by atoms with Crippen LogP contribution >= 0.6 is 23.2 Å². The van der Waals surface area contributed by atoms with Gasteiger partial charge < -0.3 is 20.7 Å². The van der Waals surface area contributed by atoms with Crippen LogP contribution in [-0.4, -0.2) is 67.3 Å². The largest absolute Gasteiger partial charge is 0.469 e. The molecule has 1 saturated heterocycles. The number of halogens is 2. The van der Waals surface area contributed by atoms with E-state index in [1.807, 2.05) is 42.5 Å². The summed E-state index contributed by atoms with van der Waals surface area (Å²) >= 11 is 12.6. The molecule has 0 spiro atoms. The highest BCUT2D eigenvalue weighted by atomic mass is 35.5. The van der Waals surface area contributed by atoms with Gasteiger partial charge in [-0.3, -0.25) is 23.5 Å². The van der Waals surface area contributed by atoms with E-state index in [0.29, 0.717) is 73.9 Å². The Morgan fingerprint density at radius 1 is 0.719 bits per heavy atom. The van der Waals surface area contributed by atoms with Crippen molar-refractivity contribution >= 4 is 63.1 Å². The van der Waals surface area contributed by atoms with Crippen molar-refractivity contribution in [3.8, 4) is 22.3 Å². The third-order valence-electron chi connectivity index (χ3n) is 10.8. The summed E-state index contributed by atoms with van der Waals surface area (Å²) < 4.78 is 7.87. The van der Waals surface area contributed by atoms with E-state index in [1.54, 1.807) is 49.3 Å². The molecule has 15 heteroatoms. The number of pyridine rings is 2. The molecule has 1 aliphatic carbocycles. The number of nitrogens with one attached hydrogen (secondary N) is 3. The van der Waals surface area contributed by atoms with E-state index in [9.17, 15) is 14.4 Å². The fourth-order valence-corrected chi connectivity index (χ4v) is 8.01. The van der Waals surface area contributed by atoms with Crippen molar-refractivity contribution in [3.05, 3.63) is 104 Å². The number of hydrogen-bond acceptors (Lipinski definition) is 11. The molecule has 2 fully saturated rings. The lowest BCUT2D eigenvalue weighted by Gasteiger charge is -2.28. The number of aryl methyl sites for hydroxylation is 2. The molecule has 5 heterocycles. The predicted octanol–water partition coefficient (Wildman–Crippen LogP) is 7.00. The van der Waals surface area contributed by atoms with E-state index in [4.69, 9.17) is 27.9 Å². The molecule has 1 aliphatic heterocycles. The Kier molecular flexibility index (Phi) is 12.5. The number of fused-ring (bicyclic) bond motifs is 2. The number of aromatic nitrogens is 6. The minimum atomic E-state index is -0.159. The average molecular weight is 811 g/mol. The second kappa shape index (κ2) is 17.8. The maximum atomic E-state index is 13.0. The van der Waals surface area contributed by atoms with Crippen molar-refractivity contribution in [1.29, 1.82) is 0 Å². The van der Waals surface area contributed by atoms with Gasteiger partial charge in [-0.1, -0.05) is 59.6 Å². The van der Waals surface area contributed by atoms with Gasteiger partial charge in [0.25, 0.3) is 11.1 Å². The van der Waals surface area contributed by atoms with Crippen LogP contribution in [0.1, 0.15) is 44.9 Å². The van der Waals surface area contributed by atoms with E-state index in [-0.39, 0.29) is 23.1 Å². The van der Waals surface area contributed by atoms with Crippen molar-refractivity contribution in [1.82, 2.24) is 34.4 Å². The van der Waals surface area contributed by atoms with E-state index in [1.165, 1.54) is 11.7 Å². The summed E-state index contributed by atoms with van der Waals surface area (Å²) in [6.07, 6.45) is 9.82. The Morgan fingerprint density at radius 2 is 1.18 bits per heavy atom. The van der Waals surface area contributed by atoms with Crippen LogP contribution in [0.3, 0.4) is 0 Å². The molecule has 57 heavy (non-hydrogen) atoms. The van der Waals surface area contributed by atoms with Crippen molar-refractivity contribution in [2.24, 2.45) is 20.0 Å². The third kappa shape index (κ3) is 9.11. The van der Waals surface area contributed by atoms with Crippen molar-refractivity contribution in [2.45, 2.75) is 57.0 Å². The zero-order chi connectivity index (χ0) is 40.1. The number of ether oxygens (including phenoxy) is 1. The summed E-state index contributed by atoms with van der Waals surface area (Å²) in [7, 11) is 4.86. The fraction of sp³-hybridized carbons (Fsp3) is 0.357. The lowest BCUT2D eigenvalue weighted by Crippen LogP contribution is -2.35. The quantitative estimate of drug-likeness (QED) is 0.136. The van der Waals surface area contributed by atoms with Crippen LogP contribution in [0.5, 0.6) is 0 Å². The first-order valence-electron chi connectivity index (χ1n) is 19.1. The van der Waals surface area contributed by atoms with Gasteiger partial charge in [0.2, 0.25) is 11.9 Å². The maximum absolute atomic E-state index is 13.0. The standard InChI is InChI=1S/C23H25ClN4O3.C19H20ClN5O/c1-28-21-15(12-18(22(28)30)17-5-3-4-6-19(17)24)13-25-23(27-21)26-16-9-7-14(8-10-16)11-20(29)31-2;1-25-17-12(10-15(18(25)26)14-4-2-3-5-16(14)20)11-22-19(24-17)23-13-6-8-21-9-7-13/h3-6,12-14,16H,7-11H2,1-2H3,(H,25,26,27);2-5,10-11,13,21H,6-9H2,1H3,(H,22,23,24). The highest BCUT2D eigenvalue weighted by Crippen LogP contribution is 2.30. The second-order valence-electron chi connectivity index (χ2n) is 14.6. The molecule has 2 aliphatic rings. The van der Waals surface area contributed by atoms with Crippen LogP contribution in [0.15, 0.2) is 82.6 Å². The molecule has 2 aromatic carbocycles. The monoisotopic (exact) mass is 809 g/mol. The minimum Gasteiger partial charge on any atom is -0.469 e. The summed E-state index contributed by atoms with van der Waals surface area (Å²) in [5.41, 5.74) is 3.37. The molecule has 4 aromatic heterocycles. The summed E-state index contributed by atoms with van der Waals surface area (Å²) in [6.45, 7) is 1.98. The molecule has 6 aromatic rings. The van der Waals surface area contributed by atoms with Crippen LogP contribution < -0.4 is 27.1 Å². The number of esters is 1. The molecule has 0 bridgehead atoms. The lowest BCUT2D eigenvalue weighted by molar-refractivity contribution is -0.142. The van der Waals surface area contributed by atoms with Gasteiger partial charge in [0.1, 0.15) is 11.3 Å². The van der Waals surface area contributed by atoms with Crippen LogP contribution in [0.4, 0.5) is 11.9 Å². The Hall–Kier alpha value is -5.37. The molecule has 1 saturated carbocycles. The second-order valence-corrected chi connectivity index (χ2v) is 15.4. The first-order valence-corrected chi connectivity index (χ1v) is 19.9. The van der Waals surface area contributed by atoms with E-state index in [2.05, 4.69) is 35.9 Å². The Balaban J connectivity index is 0.000000177. The summed E-state index contributed by atoms with van der Waals surface area (Å²) in [6, 6.07) is 18.8. The number of hydrogen-bond donors (Lipinski definition) is 3. The van der Waals surface area contributed by atoms with Gasteiger partial charge in [-0.25, -0.2) is 9.97 Å². The average Bonchev–Trinajstić information content (AvgIpc) is 3.23. The number of nitrogens with zero attached hydrogens (tertiary/aromatic N) is 6. The van der Waals surface area contributed by atoms with E-state index < -0.39 is 0 Å². The van der Waals surface area contributed by atoms with Crippen LogP contribution in [0.25, 0.3) is 44.3 Å². The number of anilines is 2. The summed E-state index contributed by atoms with van der Waals surface area (Å²) in [5, 5.41) is 12.8. The van der Waals surface area contributed by atoms with Crippen LogP contribution in [-0.2, 0) is 23.6 Å². The Morgan fingerprint density at radius 3 is 1.63 bits per heavy atom. The predicted molar refractivity (Wildman–Crippen MR) is 226 cm³/mol. The van der Waals surface area contributed by atoms with Gasteiger partial charge in [0, 0.05) is 88.1 Å². The van der Waals surface area contributed by atoms with Gasteiger partial charge in [-0.2, -0.15) is 9.97 Å². The van der Waals surface area contributed by atoms with Crippen LogP contribution in [0, 0.1) is 5.92 Å². The van der Waals surface area contributed by atoms with Crippen molar-refractivity contribution in [3.63, 3.8) is 0 Å². The Labute approximate surface area is 339 Å². The Bertz CT molecular complexity index is 2530. The molecule has 13 nitrogen and oxygen atoms in total. The molecule has 296 valence electrons. The van der Waals surface area contributed by atoms with Crippen molar-refractivity contribution in [2.75, 3.05) is 30.8 Å². The first-order chi connectivity index (χ1) is 27.6. The number of rotatable bonds is 8. The van der Waals surface area contributed by atoms with Gasteiger partial charge in [0.15, 0.2) is 0 Å². The molecular formula is C42H45Cl2N9O4. The molecule has 0 amide bonds. The highest BCUT2D eigenvalue weighted by molar-refractivity contribution is 6.33. The smallest absolute Gasteiger partial charge is 0.305 e. The lowest BCUT2D eigenvalue weighted by atomic mass is 9.84. The molecule has 3 N–H and O–H groups in total. The molecule has 0 unspecified atom stereocenters.